The van der Waals surface area contributed by atoms with Crippen molar-refractivity contribution in [1.29, 1.82) is 0 Å². The zero-order valence-corrected chi connectivity index (χ0v) is 29.6. The second kappa shape index (κ2) is 21.6. The van der Waals surface area contributed by atoms with Gasteiger partial charge >= 0.3 is 0 Å². The smallest absolute Gasteiger partial charge is 0.223 e. The molecule has 5 nitrogen and oxygen atoms in total. The highest BCUT2D eigenvalue weighted by molar-refractivity contribution is 8.93. The minimum absolute atomic E-state index is 0. The molecule has 1 aliphatic rings. The Kier molecular flexibility index (Phi) is 18.6. The van der Waals surface area contributed by atoms with Crippen molar-refractivity contribution in [3.63, 3.8) is 0 Å². The highest BCUT2D eigenvalue weighted by atomic mass is 79.9. The SMILES string of the molecule is Br.CCCCCCCCCCCCCCOc1ccc(CCN(C(C)=O)c2ccccc2CN2C=C(C)SC2)cc1OC. The van der Waals surface area contributed by atoms with Gasteiger partial charge in [-0.3, -0.25) is 4.79 Å². The molecule has 7 heteroatoms. The summed E-state index contributed by atoms with van der Waals surface area (Å²) in [5, 5.41) is 0. The maximum absolute atomic E-state index is 12.7. The number of rotatable bonds is 21. The second-order valence-corrected chi connectivity index (χ2v) is 12.7. The number of hydrogen-bond donors (Lipinski definition) is 0. The zero-order chi connectivity index (χ0) is 30.0. The number of thioether (sulfide) groups is 1. The number of unbranched alkanes of at least 4 members (excludes halogenated alkanes) is 11. The van der Waals surface area contributed by atoms with Crippen LogP contribution < -0.4 is 14.4 Å². The molecule has 0 atom stereocenters. The molecule has 1 aliphatic heterocycles. The standard InChI is InChI=1S/C36H54N2O3S.BrH/c1-5-6-7-8-9-10-11-12-13-14-15-18-25-41-35-22-21-32(26-36(35)40-4)23-24-38(31(3)39)34-20-17-16-19-33(34)28-37-27-30(2)42-29-37;/h16-17,19-22,26-27H,5-15,18,23-25,28-29H2,1-4H3;1H. The summed E-state index contributed by atoms with van der Waals surface area (Å²) < 4.78 is 11.8. The second-order valence-electron chi connectivity index (χ2n) is 11.5. The summed E-state index contributed by atoms with van der Waals surface area (Å²) in [5.41, 5.74) is 3.28. The number of ether oxygens (including phenoxy) is 2. The highest BCUT2D eigenvalue weighted by Crippen LogP contribution is 2.31. The van der Waals surface area contributed by atoms with E-state index in [0.717, 1.165) is 48.0 Å². The molecule has 43 heavy (non-hydrogen) atoms. The number of carbonyl (C=O) groups is 1. The molecule has 2 aromatic carbocycles. The number of allylic oxidation sites excluding steroid dienone is 1. The van der Waals surface area contributed by atoms with Gasteiger partial charge in [0.05, 0.1) is 19.6 Å². The Balaban J connectivity index is 0.00000645. The highest BCUT2D eigenvalue weighted by Gasteiger charge is 2.18. The molecule has 0 saturated carbocycles. The average molecular weight is 676 g/mol. The minimum Gasteiger partial charge on any atom is -0.493 e. The van der Waals surface area contributed by atoms with Crippen LogP contribution in [0.15, 0.2) is 53.6 Å². The first-order chi connectivity index (χ1) is 20.5. The molecule has 0 spiro atoms. The van der Waals surface area contributed by atoms with Crippen LogP contribution in [0.1, 0.15) is 109 Å². The quantitative estimate of drug-likeness (QED) is 0.123. The van der Waals surface area contributed by atoms with E-state index in [1.54, 1.807) is 14.0 Å². The molecule has 1 heterocycles. The number of nitrogens with zero attached hydrogens (tertiary/aromatic N) is 2. The van der Waals surface area contributed by atoms with E-state index in [1.165, 1.54) is 81.1 Å². The number of carbonyl (C=O) groups excluding carboxylic acids is 1. The maximum atomic E-state index is 12.7. The van der Waals surface area contributed by atoms with Crippen LogP contribution in [0.25, 0.3) is 0 Å². The number of methoxy groups -OCH3 is 1. The fourth-order valence-electron chi connectivity index (χ4n) is 5.53. The number of para-hydroxylation sites is 1. The lowest BCUT2D eigenvalue weighted by atomic mass is 10.1. The number of anilines is 1. The predicted molar refractivity (Wildman–Crippen MR) is 190 cm³/mol. The zero-order valence-electron chi connectivity index (χ0n) is 27.1. The van der Waals surface area contributed by atoms with Gasteiger partial charge in [0.15, 0.2) is 11.5 Å². The first-order valence-electron chi connectivity index (χ1n) is 16.2. The van der Waals surface area contributed by atoms with Crippen molar-refractivity contribution in [2.45, 2.75) is 111 Å². The lowest BCUT2D eigenvalue weighted by Gasteiger charge is -2.26. The molecule has 0 N–H and O–H groups in total. The summed E-state index contributed by atoms with van der Waals surface area (Å²) in [7, 11) is 1.70. The molecule has 0 radical (unpaired) electrons. The molecule has 3 rings (SSSR count). The van der Waals surface area contributed by atoms with E-state index in [0.29, 0.717) is 13.2 Å². The number of halogens is 1. The molecule has 1 amide bonds. The summed E-state index contributed by atoms with van der Waals surface area (Å²) in [6.45, 7) is 8.19. The lowest BCUT2D eigenvalue weighted by molar-refractivity contribution is -0.116. The summed E-state index contributed by atoms with van der Waals surface area (Å²) in [6.07, 6.45) is 19.0. The van der Waals surface area contributed by atoms with E-state index < -0.39 is 0 Å². The number of amides is 1. The Morgan fingerprint density at radius 3 is 2.16 bits per heavy atom. The molecule has 2 aromatic rings. The predicted octanol–water partition coefficient (Wildman–Crippen LogP) is 10.3. The Hall–Kier alpha value is -2.12. The van der Waals surface area contributed by atoms with E-state index in [-0.39, 0.29) is 22.9 Å². The van der Waals surface area contributed by atoms with Gasteiger partial charge in [0.1, 0.15) is 0 Å². The van der Waals surface area contributed by atoms with E-state index in [4.69, 9.17) is 9.47 Å². The molecular formula is C36H55BrN2O3S. The fraction of sp³-hybridized carbons (Fsp3) is 0.583. The molecular weight excluding hydrogens is 620 g/mol. The van der Waals surface area contributed by atoms with Crippen LogP contribution in [0.3, 0.4) is 0 Å². The molecule has 0 fully saturated rings. The maximum Gasteiger partial charge on any atom is 0.223 e. The largest absolute Gasteiger partial charge is 0.493 e. The topological polar surface area (TPSA) is 42.0 Å². The van der Waals surface area contributed by atoms with Crippen molar-refractivity contribution in [3.05, 3.63) is 64.7 Å². The normalized spacial score (nSPS) is 12.6. The summed E-state index contributed by atoms with van der Waals surface area (Å²) in [5.74, 6) is 2.56. The van der Waals surface area contributed by atoms with E-state index >= 15 is 0 Å². The van der Waals surface area contributed by atoms with Gasteiger partial charge in [-0.25, -0.2) is 0 Å². The third kappa shape index (κ3) is 13.6. The Morgan fingerprint density at radius 2 is 1.56 bits per heavy atom. The summed E-state index contributed by atoms with van der Waals surface area (Å²) >= 11 is 1.85. The van der Waals surface area contributed by atoms with E-state index in [1.807, 2.05) is 28.8 Å². The molecule has 240 valence electrons. The molecule has 0 saturated heterocycles. The van der Waals surface area contributed by atoms with Gasteiger partial charge in [-0.15, -0.1) is 28.7 Å². The van der Waals surface area contributed by atoms with Crippen LogP contribution in [0.2, 0.25) is 0 Å². The third-order valence-electron chi connectivity index (χ3n) is 7.97. The average Bonchev–Trinajstić information content (AvgIpc) is 3.40. The van der Waals surface area contributed by atoms with Gasteiger partial charge in [0.25, 0.3) is 0 Å². The van der Waals surface area contributed by atoms with E-state index in [9.17, 15) is 4.79 Å². The van der Waals surface area contributed by atoms with Gasteiger partial charge in [0.2, 0.25) is 5.91 Å². The Morgan fingerprint density at radius 1 is 0.907 bits per heavy atom. The van der Waals surface area contributed by atoms with Gasteiger partial charge in [-0.05, 0) is 54.0 Å². The van der Waals surface area contributed by atoms with Crippen LogP contribution >= 0.6 is 28.7 Å². The van der Waals surface area contributed by atoms with Crippen molar-refractivity contribution in [1.82, 2.24) is 4.90 Å². The minimum atomic E-state index is 0. The first kappa shape index (κ1) is 37.1. The van der Waals surface area contributed by atoms with Crippen molar-refractivity contribution in [2.75, 3.05) is 31.0 Å². The van der Waals surface area contributed by atoms with Crippen LogP contribution in [0.4, 0.5) is 5.69 Å². The molecule has 0 aromatic heterocycles. The Bertz CT molecular complexity index is 1110. The Labute approximate surface area is 276 Å². The van der Waals surface area contributed by atoms with Crippen LogP contribution in [0.5, 0.6) is 11.5 Å². The van der Waals surface area contributed by atoms with Gasteiger partial charge < -0.3 is 19.3 Å². The number of hydrogen-bond acceptors (Lipinski definition) is 5. The van der Waals surface area contributed by atoms with Gasteiger partial charge in [-0.1, -0.05) is 102 Å². The van der Waals surface area contributed by atoms with Gasteiger partial charge in [0, 0.05) is 31.9 Å². The molecule has 0 unspecified atom stereocenters. The van der Waals surface area contributed by atoms with Crippen molar-refractivity contribution >= 4 is 40.3 Å². The first-order valence-corrected chi connectivity index (χ1v) is 17.2. The van der Waals surface area contributed by atoms with Crippen molar-refractivity contribution in [3.8, 4) is 11.5 Å². The summed E-state index contributed by atoms with van der Waals surface area (Å²) in [4.78, 5) is 18.3. The lowest BCUT2D eigenvalue weighted by Crippen LogP contribution is -2.32. The van der Waals surface area contributed by atoms with Crippen molar-refractivity contribution in [2.24, 2.45) is 0 Å². The monoisotopic (exact) mass is 674 g/mol. The molecule has 0 bridgehead atoms. The van der Waals surface area contributed by atoms with Crippen LogP contribution in [-0.4, -0.2) is 36.9 Å². The third-order valence-corrected chi connectivity index (χ3v) is 8.99. The van der Waals surface area contributed by atoms with Crippen molar-refractivity contribution < 1.29 is 14.3 Å². The summed E-state index contributed by atoms with van der Waals surface area (Å²) in [6, 6.07) is 14.4. The van der Waals surface area contributed by atoms with E-state index in [2.05, 4.69) is 55.3 Å². The fourth-order valence-corrected chi connectivity index (χ4v) is 6.29. The van der Waals surface area contributed by atoms with Gasteiger partial charge in [-0.2, -0.15) is 0 Å². The number of benzene rings is 2. The van der Waals surface area contributed by atoms with Crippen LogP contribution in [0, 0.1) is 0 Å². The molecule has 0 aliphatic carbocycles. The van der Waals surface area contributed by atoms with Crippen LogP contribution in [-0.2, 0) is 17.8 Å².